The molecule has 0 radical (unpaired) electrons. The van der Waals surface area contributed by atoms with Crippen molar-refractivity contribution in [1.29, 1.82) is 0 Å². The fourth-order valence-electron chi connectivity index (χ4n) is 0.359. The second-order valence-corrected chi connectivity index (χ2v) is 2.50. The van der Waals surface area contributed by atoms with Crippen LogP contribution >= 0.6 is 0 Å². The van der Waals surface area contributed by atoms with E-state index in [9.17, 15) is 4.79 Å². The van der Waals surface area contributed by atoms with Gasteiger partial charge in [0.1, 0.15) is 5.78 Å². The molecule has 0 aromatic carbocycles. The summed E-state index contributed by atoms with van der Waals surface area (Å²) in [5.74, 6) is 0.255. The predicted octanol–water partition coefficient (Wildman–Crippen LogP) is 2.32. The van der Waals surface area contributed by atoms with Crippen LogP contribution in [0.3, 0.4) is 0 Å². The van der Waals surface area contributed by atoms with Crippen LogP contribution in [0.1, 0.15) is 40.0 Å². The van der Waals surface area contributed by atoms with Gasteiger partial charge >= 0.3 is 0 Å². The molecular formula is C10H20O2. The Balaban J connectivity index is 0. The molecule has 0 aliphatic heterocycles. The molecule has 72 valence electrons. The van der Waals surface area contributed by atoms with Crippen LogP contribution in [0.5, 0.6) is 0 Å². The van der Waals surface area contributed by atoms with Crippen LogP contribution in [0.25, 0.3) is 0 Å². The van der Waals surface area contributed by atoms with Gasteiger partial charge in [-0.1, -0.05) is 32.4 Å². The Kier molecular flexibility index (Phi) is 15.1. The first-order valence-electron chi connectivity index (χ1n) is 4.44. The van der Waals surface area contributed by atoms with Crippen molar-refractivity contribution in [2.24, 2.45) is 0 Å². The average molecular weight is 172 g/mol. The topological polar surface area (TPSA) is 37.3 Å². The van der Waals surface area contributed by atoms with Gasteiger partial charge in [0.15, 0.2) is 0 Å². The van der Waals surface area contributed by atoms with E-state index in [1.807, 2.05) is 13.0 Å². The summed E-state index contributed by atoms with van der Waals surface area (Å²) in [6.45, 7) is 5.73. The molecule has 0 spiro atoms. The summed E-state index contributed by atoms with van der Waals surface area (Å²) in [6.07, 6.45) is 6.67. The molecule has 0 aliphatic rings. The molecule has 0 aromatic rings. The molecule has 0 amide bonds. The van der Waals surface area contributed by atoms with E-state index in [1.165, 1.54) is 0 Å². The van der Waals surface area contributed by atoms with Crippen molar-refractivity contribution >= 4 is 5.78 Å². The quantitative estimate of drug-likeness (QED) is 0.661. The van der Waals surface area contributed by atoms with Crippen molar-refractivity contribution < 1.29 is 9.90 Å². The Morgan fingerprint density at radius 3 is 2.08 bits per heavy atom. The molecular weight excluding hydrogens is 152 g/mol. The maximum Gasteiger partial charge on any atom is 0.129 e. The Hall–Kier alpha value is -0.630. The van der Waals surface area contributed by atoms with Gasteiger partial charge in [0.2, 0.25) is 0 Å². The minimum atomic E-state index is 0.181. The molecule has 0 unspecified atom stereocenters. The van der Waals surface area contributed by atoms with Crippen molar-refractivity contribution in [2.45, 2.75) is 40.0 Å². The van der Waals surface area contributed by atoms with Gasteiger partial charge in [-0.25, -0.2) is 0 Å². The third-order valence-corrected chi connectivity index (χ3v) is 1.23. The monoisotopic (exact) mass is 172 g/mol. The van der Waals surface area contributed by atoms with Crippen molar-refractivity contribution in [3.8, 4) is 0 Å². The molecule has 0 bridgehead atoms. The number of ketones is 1. The number of aliphatic hydroxyl groups is 1. The molecule has 0 rings (SSSR count). The lowest BCUT2D eigenvalue weighted by Gasteiger charge is -1.79. The SMILES string of the molecule is CCC(C)=O.CCC/C=C/CO. The Labute approximate surface area is 75.3 Å². The summed E-state index contributed by atoms with van der Waals surface area (Å²) < 4.78 is 0. The summed E-state index contributed by atoms with van der Waals surface area (Å²) in [5, 5.41) is 8.21. The fraction of sp³-hybridized carbons (Fsp3) is 0.700. The van der Waals surface area contributed by atoms with Crippen LogP contribution in [-0.2, 0) is 4.79 Å². The van der Waals surface area contributed by atoms with Crippen LogP contribution < -0.4 is 0 Å². The number of carbonyl (C=O) groups is 1. The number of hydrogen-bond acceptors (Lipinski definition) is 2. The number of hydrogen-bond donors (Lipinski definition) is 1. The molecule has 1 N–H and O–H groups in total. The van der Waals surface area contributed by atoms with Gasteiger partial charge in [-0.15, -0.1) is 0 Å². The van der Waals surface area contributed by atoms with Crippen LogP contribution in [0.4, 0.5) is 0 Å². The number of unbranched alkanes of at least 4 members (excludes halogenated alkanes) is 1. The van der Waals surface area contributed by atoms with Gasteiger partial charge in [-0.2, -0.15) is 0 Å². The first kappa shape index (κ1) is 13.9. The summed E-state index contributed by atoms with van der Waals surface area (Å²) in [4.78, 5) is 9.81. The maximum absolute atomic E-state index is 9.81. The summed E-state index contributed by atoms with van der Waals surface area (Å²) in [6, 6.07) is 0. The van der Waals surface area contributed by atoms with Crippen LogP contribution in [-0.4, -0.2) is 17.5 Å². The second-order valence-electron chi connectivity index (χ2n) is 2.50. The third kappa shape index (κ3) is 22.8. The van der Waals surface area contributed by atoms with Crippen LogP contribution in [0, 0.1) is 0 Å². The van der Waals surface area contributed by atoms with Gasteiger partial charge in [-0.3, -0.25) is 0 Å². The Morgan fingerprint density at radius 1 is 1.33 bits per heavy atom. The van der Waals surface area contributed by atoms with Crippen molar-refractivity contribution in [3.05, 3.63) is 12.2 Å². The van der Waals surface area contributed by atoms with E-state index in [0.29, 0.717) is 6.42 Å². The first-order chi connectivity index (χ1) is 5.68. The van der Waals surface area contributed by atoms with E-state index < -0.39 is 0 Å². The lowest BCUT2D eigenvalue weighted by molar-refractivity contribution is -0.116. The zero-order chi connectivity index (χ0) is 9.82. The smallest absolute Gasteiger partial charge is 0.129 e. The van der Waals surface area contributed by atoms with Crippen molar-refractivity contribution in [2.75, 3.05) is 6.61 Å². The number of carbonyl (C=O) groups excluding carboxylic acids is 1. The molecule has 0 aliphatic carbocycles. The van der Waals surface area contributed by atoms with E-state index in [1.54, 1.807) is 13.0 Å². The molecule has 0 heterocycles. The lowest BCUT2D eigenvalue weighted by atomic mass is 10.3. The van der Waals surface area contributed by atoms with Crippen molar-refractivity contribution in [3.63, 3.8) is 0 Å². The van der Waals surface area contributed by atoms with Crippen molar-refractivity contribution in [1.82, 2.24) is 0 Å². The van der Waals surface area contributed by atoms with E-state index >= 15 is 0 Å². The third-order valence-electron chi connectivity index (χ3n) is 1.23. The summed E-state index contributed by atoms with van der Waals surface area (Å²) in [5.41, 5.74) is 0. The lowest BCUT2D eigenvalue weighted by Crippen LogP contribution is -1.80. The molecule has 12 heavy (non-hydrogen) atoms. The van der Waals surface area contributed by atoms with Crippen LogP contribution in [0.2, 0.25) is 0 Å². The van der Waals surface area contributed by atoms with E-state index in [-0.39, 0.29) is 12.4 Å². The number of rotatable bonds is 4. The normalized spacial score (nSPS) is 9.33. The van der Waals surface area contributed by atoms with E-state index in [4.69, 9.17) is 5.11 Å². The van der Waals surface area contributed by atoms with E-state index in [0.717, 1.165) is 12.8 Å². The number of allylic oxidation sites excluding steroid dienone is 1. The highest BCUT2D eigenvalue weighted by Crippen LogP contribution is 1.85. The zero-order valence-electron chi connectivity index (χ0n) is 8.34. The highest BCUT2D eigenvalue weighted by molar-refractivity contribution is 5.74. The zero-order valence-corrected chi connectivity index (χ0v) is 8.34. The molecule has 2 nitrogen and oxygen atoms in total. The first-order valence-corrected chi connectivity index (χ1v) is 4.44. The highest BCUT2D eigenvalue weighted by atomic mass is 16.2. The van der Waals surface area contributed by atoms with Crippen LogP contribution in [0.15, 0.2) is 12.2 Å². The fourth-order valence-corrected chi connectivity index (χ4v) is 0.359. The molecule has 0 aromatic heterocycles. The van der Waals surface area contributed by atoms with Gasteiger partial charge in [-0.05, 0) is 13.3 Å². The summed E-state index contributed by atoms with van der Waals surface area (Å²) >= 11 is 0. The molecule has 0 saturated heterocycles. The largest absolute Gasteiger partial charge is 0.392 e. The van der Waals surface area contributed by atoms with Gasteiger partial charge in [0, 0.05) is 6.42 Å². The van der Waals surface area contributed by atoms with Gasteiger partial charge in [0.05, 0.1) is 6.61 Å². The van der Waals surface area contributed by atoms with Gasteiger partial charge < -0.3 is 9.90 Å². The number of Topliss-reactive ketones (excluding diaryl/α,β-unsaturated/α-hetero) is 1. The minimum absolute atomic E-state index is 0.181. The standard InChI is InChI=1S/C6H12O.C4H8O/c1-2-3-4-5-6-7;1-3-4(2)5/h4-5,7H,2-3,6H2,1H3;3H2,1-2H3/b5-4+;. The molecule has 0 saturated carbocycles. The Morgan fingerprint density at radius 2 is 1.83 bits per heavy atom. The minimum Gasteiger partial charge on any atom is -0.392 e. The molecule has 0 atom stereocenters. The average Bonchev–Trinajstić information content (AvgIpc) is 2.07. The molecule has 2 heteroatoms. The second kappa shape index (κ2) is 13.0. The Bertz CT molecular complexity index is 117. The van der Waals surface area contributed by atoms with E-state index in [2.05, 4.69) is 6.92 Å². The predicted molar refractivity (Wildman–Crippen MR) is 52.1 cm³/mol. The highest BCUT2D eigenvalue weighted by Gasteiger charge is 1.76. The molecule has 0 fully saturated rings. The maximum atomic E-state index is 9.81. The number of aliphatic hydroxyl groups excluding tert-OH is 1. The summed E-state index contributed by atoms with van der Waals surface area (Å²) in [7, 11) is 0. The van der Waals surface area contributed by atoms with Gasteiger partial charge in [0.25, 0.3) is 0 Å².